The fraction of sp³-hybridized carbons (Fsp3) is 0.765. The predicted octanol–water partition coefficient (Wildman–Crippen LogP) is 0.956. The number of nitro groups is 1. The first-order valence-corrected chi connectivity index (χ1v) is 10.1. The molecule has 29 heavy (non-hydrogen) atoms. The van der Waals surface area contributed by atoms with Crippen LogP contribution in [-0.4, -0.2) is 103 Å². The van der Waals surface area contributed by atoms with Gasteiger partial charge in [-0.1, -0.05) is 0 Å². The van der Waals surface area contributed by atoms with Crippen LogP contribution >= 0.6 is 11.6 Å². The number of piperidine rings is 1. The lowest BCUT2D eigenvalue weighted by Gasteiger charge is -2.43. The molecular weight excluding hydrogens is 404 g/mol. The first kappa shape index (κ1) is 21.8. The summed E-state index contributed by atoms with van der Waals surface area (Å²) < 4.78 is 1.40. The maximum Gasteiger partial charge on any atom is 0.407 e. The summed E-state index contributed by atoms with van der Waals surface area (Å²) in [7, 11) is 0. The highest BCUT2D eigenvalue weighted by Crippen LogP contribution is 2.22. The van der Waals surface area contributed by atoms with Crippen LogP contribution in [0.2, 0.25) is 5.28 Å². The molecule has 162 valence electrons. The SMILES string of the molecule is C[C@](O)(CN1CCN(C2CCN(C(=O)O)CC2)CC1)Cn1cc([N+](=O)[O-])nc1Cl. The van der Waals surface area contributed by atoms with Gasteiger partial charge < -0.3 is 25.2 Å². The Balaban J connectivity index is 1.47. The number of aromatic nitrogens is 2. The number of β-amino-alcohol motifs (C(OH)–C–C–N with tert-alkyl or cyclic N) is 1. The standard InChI is InChI=1S/C17H27ClN6O5/c1-17(27,12-23-10-14(24(28)29)19-15(23)18)11-20-6-8-21(9-7-20)13-2-4-22(5-3-13)16(25)26/h10,13,27H,2-9,11-12H2,1H3,(H,25,26)/t17-/m0/s1. The van der Waals surface area contributed by atoms with Crippen molar-refractivity contribution in [3.63, 3.8) is 0 Å². The predicted molar refractivity (Wildman–Crippen MR) is 105 cm³/mol. The van der Waals surface area contributed by atoms with Gasteiger partial charge in [0, 0.05) is 51.9 Å². The summed E-state index contributed by atoms with van der Waals surface area (Å²) in [5.74, 6) is -0.339. The summed E-state index contributed by atoms with van der Waals surface area (Å²) in [6, 6.07) is 0.401. The molecule has 0 unspecified atom stereocenters. The Bertz CT molecular complexity index is 741. The molecule has 12 heteroatoms. The van der Waals surface area contributed by atoms with E-state index in [1.54, 1.807) is 6.92 Å². The Morgan fingerprint density at radius 3 is 2.41 bits per heavy atom. The van der Waals surface area contributed by atoms with Gasteiger partial charge in [-0.15, -0.1) is 0 Å². The number of rotatable bonds is 6. The van der Waals surface area contributed by atoms with Gasteiger partial charge in [0.05, 0.1) is 12.1 Å². The van der Waals surface area contributed by atoms with Crippen molar-refractivity contribution in [1.29, 1.82) is 0 Å². The van der Waals surface area contributed by atoms with E-state index in [1.807, 2.05) is 0 Å². The Labute approximate surface area is 173 Å². The van der Waals surface area contributed by atoms with Gasteiger partial charge in [0.15, 0.2) is 0 Å². The smallest absolute Gasteiger partial charge is 0.407 e. The Morgan fingerprint density at radius 1 is 1.28 bits per heavy atom. The highest BCUT2D eigenvalue weighted by atomic mass is 35.5. The molecule has 2 saturated heterocycles. The molecular formula is C17H27ClN6O5. The molecule has 3 heterocycles. The van der Waals surface area contributed by atoms with Gasteiger partial charge in [-0.2, -0.15) is 0 Å². The normalized spacial score (nSPS) is 21.8. The van der Waals surface area contributed by atoms with Gasteiger partial charge in [0.1, 0.15) is 6.20 Å². The second-order valence-electron chi connectivity index (χ2n) is 8.06. The third kappa shape index (κ3) is 5.56. The molecule has 1 aromatic rings. The maximum atomic E-state index is 11.0. The highest BCUT2D eigenvalue weighted by Gasteiger charge is 2.32. The number of nitrogens with zero attached hydrogens (tertiary/aromatic N) is 6. The number of halogens is 1. The van der Waals surface area contributed by atoms with Gasteiger partial charge in [-0.3, -0.25) is 14.4 Å². The second kappa shape index (κ2) is 8.82. The molecule has 2 aliphatic heterocycles. The van der Waals surface area contributed by atoms with Crippen molar-refractivity contribution < 1.29 is 19.9 Å². The number of aliphatic hydroxyl groups is 1. The van der Waals surface area contributed by atoms with E-state index < -0.39 is 16.6 Å². The van der Waals surface area contributed by atoms with Crippen molar-refractivity contribution in [3.8, 4) is 0 Å². The average molecular weight is 431 g/mol. The van der Waals surface area contributed by atoms with Crippen molar-refractivity contribution in [3.05, 3.63) is 21.6 Å². The van der Waals surface area contributed by atoms with E-state index in [1.165, 1.54) is 15.7 Å². The van der Waals surface area contributed by atoms with Crippen LogP contribution in [0.1, 0.15) is 19.8 Å². The van der Waals surface area contributed by atoms with Crippen LogP contribution in [0.4, 0.5) is 10.6 Å². The van der Waals surface area contributed by atoms with Gasteiger partial charge >= 0.3 is 17.2 Å². The van der Waals surface area contributed by atoms with Gasteiger partial charge in [-0.25, -0.2) is 4.79 Å². The minimum atomic E-state index is -1.12. The highest BCUT2D eigenvalue weighted by molar-refractivity contribution is 6.28. The molecule has 1 amide bonds. The van der Waals surface area contributed by atoms with Gasteiger partial charge in [-0.05, 0) is 41.3 Å². The number of carboxylic acid groups (broad SMARTS) is 1. The van der Waals surface area contributed by atoms with Crippen LogP contribution in [0.5, 0.6) is 0 Å². The van der Waals surface area contributed by atoms with Gasteiger partial charge in [0.2, 0.25) is 0 Å². The van der Waals surface area contributed by atoms with Crippen LogP contribution in [0.15, 0.2) is 6.20 Å². The second-order valence-corrected chi connectivity index (χ2v) is 8.40. The van der Waals surface area contributed by atoms with E-state index in [9.17, 15) is 20.0 Å². The van der Waals surface area contributed by atoms with Crippen LogP contribution in [-0.2, 0) is 6.54 Å². The van der Waals surface area contributed by atoms with E-state index >= 15 is 0 Å². The number of hydrogen-bond acceptors (Lipinski definition) is 7. The Morgan fingerprint density at radius 2 is 1.90 bits per heavy atom. The lowest BCUT2D eigenvalue weighted by molar-refractivity contribution is -0.389. The van der Waals surface area contributed by atoms with Crippen molar-refractivity contribution in [2.24, 2.45) is 0 Å². The number of carbonyl (C=O) groups is 1. The van der Waals surface area contributed by atoms with E-state index in [0.29, 0.717) is 25.7 Å². The zero-order valence-electron chi connectivity index (χ0n) is 16.4. The van der Waals surface area contributed by atoms with Crippen molar-refractivity contribution in [2.75, 3.05) is 45.8 Å². The van der Waals surface area contributed by atoms with Crippen LogP contribution < -0.4 is 0 Å². The molecule has 3 rings (SSSR count). The monoisotopic (exact) mass is 430 g/mol. The molecule has 0 spiro atoms. The topological polar surface area (TPSA) is 128 Å². The maximum absolute atomic E-state index is 11.0. The van der Waals surface area contributed by atoms with E-state index in [-0.39, 0.29) is 17.6 Å². The molecule has 2 fully saturated rings. The van der Waals surface area contributed by atoms with E-state index in [4.69, 9.17) is 16.7 Å². The Hall–Kier alpha value is -1.95. The molecule has 11 nitrogen and oxygen atoms in total. The first-order valence-electron chi connectivity index (χ1n) is 9.68. The quantitative estimate of drug-likeness (QED) is 0.504. The number of imidazole rings is 1. The number of piperazine rings is 1. The molecule has 0 aromatic carbocycles. The zero-order valence-corrected chi connectivity index (χ0v) is 17.2. The minimum absolute atomic E-state index is 0.0190. The van der Waals surface area contributed by atoms with Gasteiger partial charge in [0.25, 0.3) is 0 Å². The van der Waals surface area contributed by atoms with Crippen molar-refractivity contribution in [1.82, 2.24) is 24.3 Å². The number of likely N-dealkylation sites (tertiary alicyclic amines) is 1. The largest absolute Gasteiger partial charge is 0.465 e. The summed E-state index contributed by atoms with van der Waals surface area (Å²) in [4.78, 5) is 31.0. The summed E-state index contributed by atoms with van der Waals surface area (Å²) in [6.07, 6.45) is 2.08. The zero-order chi connectivity index (χ0) is 21.2. The molecule has 1 atom stereocenters. The van der Waals surface area contributed by atoms with E-state index in [0.717, 1.165) is 39.0 Å². The lowest BCUT2D eigenvalue weighted by atomic mass is 10.0. The summed E-state index contributed by atoms with van der Waals surface area (Å²) in [6.45, 7) is 6.69. The fourth-order valence-corrected chi connectivity index (χ4v) is 4.38. The fourth-order valence-electron chi connectivity index (χ4n) is 4.19. The van der Waals surface area contributed by atoms with Crippen LogP contribution in [0.25, 0.3) is 0 Å². The summed E-state index contributed by atoms with van der Waals surface area (Å²) >= 11 is 5.95. The first-order chi connectivity index (χ1) is 13.6. The molecule has 0 radical (unpaired) electrons. The Kier molecular flexibility index (Phi) is 6.62. The third-order valence-corrected chi connectivity index (χ3v) is 5.94. The van der Waals surface area contributed by atoms with Crippen LogP contribution in [0, 0.1) is 10.1 Å². The molecule has 0 saturated carbocycles. The molecule has 2 aliphatic rings. The number of hydrogen-bond donors (Lipinski definition) is 2. The molecule has 0 bridgehead atoms. The molecule has 1 aromatic heterocycles. The minimum Gasteiger partial charge on any atom is -0.465 e. The molecule has 2 N–H and O–H groups in total. The summed E-state index contributed by atoms with van der Waals surface area (Å²) in [5.41, 5.74) is -1.12. The summed E-state index contributed by atoms with van der Waals surface area (Å²) in [5, 5.41) is 30.7. The average Bonchev–Trinajstić information content (AvgIpc) is 3.02. The lowest BCUT2D eigenvalue weighted by Crippen LogP contribution is -2.56. The molecule has 0 aliphatic carbocycles. The number of amides is 1. The third-order valence-electron chi connectivity index (χ3n) is 5.64. The van der Waals surface area contributed by atoms with E-state index in [2.05, 4.69) is 14.8 Å². The van der Waals surface area contributed by atoms with Crippen molar-refractivity contribution in [2.45, 2.75) is 38.0 Å². The van der Waals surface area contributed by atoms with Crippen molar-refractivity contribution >= 4 is 23.5 Å². The van der Waals surface area contributed by atoms with Crippen LogP contribution in [0.3, 0.4) is 0 Å².